The maximum Gasteiger partial charge on any atom is 0.332 e. The molecule has 0 atom stereocenters. The van der Waals surface area contributed by atoms with Crippen molar-refractivity contribution in [2.75, 3.05) is 18.6 Å². The van der Waals surface area contributed by atoms with E-state index in [0.29, 0.717) is 30.2 Å². The Morgan fingerprint density at radius 3 is 2.42 bits per heavy atom. The molecule has 1 aliphatic rings. The van der Waals surface area contributed by atoms with Crippen LogP contribution in [-0.2, 0) is 20.1 Å². The highest BCUT2D eigenvalue weighted by Gasteiger charge is 2.28. The fraction of sp³-hybridized carbons (Fsp3) is 0.227. The van der Waals surface area contributed by atoms with E-state index in [-0.39, 0.29) is 17.8 Å². The van der Waals surface area contributed by atoms with Crippen molar-refractivity contribution in [3.63, 3.8) is 0 Å². The number of hydrogen-bond acceptors (Lipinski definition) is 5. The molecule has 0 amide bonds. The Balaban J connectivity index is 1.63. The lowest BCUT2D eigenvalue weighted by Gasteiger charge is -2.16. The van der Waals surface area contributed by atoms with Gasteiger partial charge < -0.3 is 14.2 Å². The Hall–Kier alpha value is -3.33. The summed E-state index contributed by atoms with van der Waals surface area (Å²) in [5.74, 6) is 1.43. The van der Waals surface area contributed by atoms with Crippen molar-refractivity contribution in [3.05, 3.63) is 79.4 Å². The van der Waals surface area contributed by atoms with Crippen molar-refractivity contribution in [1.82, 2.24) is 18.7 Å². The number of anilines is 2. The fourth-order valence-electron chi connectivity index (χ4n) is 4.00. The van der Waals surface area contributed by atoms with Crippen molar-refractivity contribution in [2.24, 2.45) is 7.05 Å². The van der Waals surface area contributed by atoms with Crippen LogP contribution >= 0.6 is 15.9 Å². The van der Waals surface area contributed by atoms with E-state index in [1.807, 2.05) is 58.0 Å². The smallest absolute Gasteiger partial charge is 0.332 e. The predicted molar refractivity (Wildman–Crippen MR) is 122 cm³/mol. The van der Waals surface area contributed by atoms with Gasteiger partial charge in [-0.05, 0) is 42.0 Å². The van der Waals surface area contributed by atoms with E-state index in [1.165, 1.54) is 9.13 Å². The number of aryl methyl sites for hydroxylation is 1. The second-order valence-electron chi connectivity index (χ2n) is 7.44. The number of ether oxygens (including phenoxy) is 1. The number of imidazole rings is 1. The molecule has 158 valence electrons. The first kappa shape index (κ1) is 19.6. The number of aromatic nitrogens is 4. The summed E-state index contributed by atoms with van der Waals surface area (Å²) >= 11 is 3.41. The molecular weight excluding hydrogens is 462 g/mol. The maximum absolute atomic E-state index is 13.4. The zero-order valence-electron chi connectivity index (χ0n) is 17.1. The molecule has 0 saturated heterocycles. The van der Waals surface area contributed by atoms with Crippen LogP contribution in [0.3, 0.4) is 0 Å². The minimum absolute atomic E-state index is 0.206. The van der Waals surface area contributed by atoms with Crippen molar-refractivity contribution < 1.29 is 4.74 Å². The molecule has 0 bridgehead atoms. The number of nitrogens with zero attached hydrogens (tertiary/aromatic N) is 5. The third-order valence-corrected chi connectivity index (χ3v) is 6.17. The summed E-state index contributed by atoms with van der Waals surface area (Å²) in [6, 6.07) is 15.3. The highest BCUT2D eigenvalue weighted by atomic mass is 79.9. The van der Waals surface area contributed by atoms with E-state index in [0.717, 1.165) is 21.5 Å². The molecule has 0 unspecified atom stereocenters. The number of hydrogen-bond donors (Lipinski definition) is 0. The van der Waals surface area contributed by atoms with Crippen LogP contribution in [0.15, 0.2) is 62.6 Å². The van der Waals surface area contributed by atoms with Gasteiger partial charge >= 0.3 is 5.69 Å². The summed E-state index contributed by atoms with van der Waals surface area (Å²) in [5.41, 5.74) is 1.97. The Labute approximate surface area is 186 Å². The van der Waals surface area contributed by atoms with Crippen LogP contribution < -0.4 is 20.9 Å². The highest BCUT2D eigenvalue weighted by Crippen LogP contribution is 2.32. The van der Waals surface area contributed by atoms with Crippen LogP contribution in [0, 0.1) is 0 Å². The van der Waals surface area contributed by atoms with Gasteiger partial charge in [0.15, 0.2) is 11.2 Å². The first-order valence-corrected chi connectivity index (χ1v) is 10.6. The fourth-order valence-corrected chi connectivity index (χ4v) is 4.26. The van der Waals surface area contributed by atoms with E-state index < -0.39 is 0 Å². The van der Waals surface area contributed by atoms with Crippen molar-refractivity contribution in [3.8, 4) is 5.75 Å². The first-order chi connectivity index (χ1) is 15.0. The Morgan fingerprint density at radius 1 is 1.03 bits per heavy atom. The third kappa shape index (κ3) is 3.16. The minimum atomic E-state index is -0.381. The van der Waals surface area contributed by atoms with Crippen LogP contribution in [0.1, 0.15) is 5.56 Å². The molecule has 0 fully saturated rings. The summed E-state index contributed by atoms with van der Waals surface area (Å²) in [4.78, 5) is 33.0. The number of rotatable bonds is 4. The van der Waals surface area contributed by atoms with Gasteiger partial charge in [0, 0.05) is 30.3 Å². The lowest BCUT2D eigenvalue weighted by molar-refractivity contribution is 0.415. The minimum Gasteiger partial charge on any atom is -0.497 e. The summed E-state index contributed by atoms with van der Waals surface area (Å²) < 4.78 is 10.8. The average Bonchev–Trinajstić information content (AvgIpc) is 3.36. The van der Waals surface area contributed by atoms with E-state index in [9.17, 15) is 9.59 Å². The summed E-state index contributed by atoms with van der Waals surface area (Å²) in [6.07, 6.45) is 0. The predicted octanol–water partition coefficient (Wildman–Crippen LogP) is 2.87. The van der Waals surface area contributed by atoms with E-state index in [1.54, 1.807) is 14.2 Å². The van der Waals surface area contributed by atoms with Gasteiger partial charge in [0.2, 0.25) is 5.95 Å². The molecule has 0 aliphatic carbocycles. The molecule has 2 aromatic carbocycles. The van der Waals surface area contributed by atoms with Crippen LogP contribution in [0.25, 0.3) is 11.2 Å². The van der Waals surface area contributed by atoms with Crippen LogP contribution in [-0.4, -0.2) is 32.3 Å². The lowest BCUT2D eigenvalue weighted by Crippen LogP contribution is -2.40. The van der Waals surface area contributed by atoms with Gasteiger partial charge in [-0.2, -0.15) is 4.98 Å². The van der Waals surface area contributed by atoms with Gasteiger partial charge in [-0.3, -0.25) is 13.9 Å². The number of halogens is 1. The summed E-state index contributed by atoms with van der Waals surface area (Å²) in [7, 11) is 3.28. The SMILES string of the molecule is COc1ccc(N2CCn3c2nc2c3c(=O)n(Cc3ccc(Br)cc3)c(=O)n2C)cc1. The molecule has 5 rings (SSSR count). The first-order valence-electron chi connectivity index (χ1n) is 9.84. The highest BCUT2D eigenvalue weighted by molar-refractivity contribution is 9.10. The van der Waals surface area contributed by atoms with Crippen LogP contribution in [0.4, 0.5) is 11.6 Å². The largest absolute Gasteiger partial charge is 0.497 e. The molecule has 0 spiro atoms. The van der Waals surface area contributed by atoms with Crippen LogP contribution in [0.5, 0.6) is 5.75 Å². The molecule has 8 nitrogen and oxygen atoms in total. The molecule has 0 radical (unpaired) electrons. The lowest BCUT2D eigenvalue weighted by atomic mass is 10.2. The van der Waals surface area contributed by atoms with Gasteiger partial charge in [-0.15, -0.1) is 0 Å². The summed E-state index contributed by atoms with van der Waals surface area (Å²) in [6.45, 7) is 1.51. The summed E-state index contributed by atoms with van der Waals surface area (Å²) in [5, 5.41) is 0. The normalized spacial score (nSPS) is 13.1. The molecule has 0 N–H and O–H groups in total. The molecule has 1 aliphatic heterocycles. The van der Waals surface area contributed by atoms with Crippen molar-refractivity contribution >= 4 is 38.7 Å². The monoisotopic (exact) mass is 481 g/mol. The van der Waals surface area contributed by atoms with Gasteiger partial charge in [0.1, 0.15) is 5.75 Å². The molecular formula is C22H20BrN5O3. The van der Waals surface area contributed by atoms with Crippen molar-refractivity contribution in [2.45, 2.75) is 13.1 Å². The molecule has 9 heteroatoms. The molecule has 3 heterocycles. The number of methoxy groups -OCH3 is 1. The number of fused-ring (bicyclic) bond motifs is 3. The van der Waals surface area contributed by atoms with Crippen molar-refractivity contribution in [1.29, 1.82) is 0 Å². The van der Waals surface area contributed by atoms with E-state index in [2.05, 4.69) is 20.9 Å². The standard InChI is InChI=1S/C22H20BrN5O3/c1-25-19-18(20(29)28(22(25)30)13-14-3-5-15(23)6-4-14)27-12-11-26(21(27)24-19)16-7-9-17(31-2)10-8-16/h3-10H,11-13H2,1-2H3. The van der Waals surface area contributed by atoms with E-state index in [4.69, 9.17) is 4.74 Å². The molecule has 4 aromatic rings. The molecule has 31 heavy (non-hydrogen) atoms. The maximum atomic E-state index is 13.4. The van der Waals surface area contributed by atoms with Gasteiger partial charge in [0.25, 0.3) is 5.56 Å². The Bertz CT molecular complexity index is 1400. The Kier molecular flexibility index (Phi) is 4.70. The quantitative estimate of drug-likeness (QED) is 0.448. The van der Waals surface area contributed by atoms with Gasteiger partial charge in [-0.1, -0.05) is 28.1 Å². The van der Waals surface area contributed by atoms with Crippen LogP contribution in [0.2, 0.25) is 0 Å². The topological polar surface area (TPSA) is 74.3 Å². The third-order valence-electron chi connectivity index (χ3n) is 5.64. The zero-order chi connectivity index (χ0) is 21.7. The second-order valence-corrected chi connectivity index (χ2v) is 8.36. The average molecular weight is 482 g/mol. The Morgan fingerprint density at radius 2 is 1.74 bits per heavy atom. The zero-order valence-corrected chi connectivity index (χ0v) is 18.7. The van der Waals surface area contributed by atoms with Gasteiger partial charge in [0.05, 0.1) is 13.7 Å². The molecule has 0 saturated carbocycles. The van der Waals surface area contributed by atoms with Gasteiger partial charge in [-0.25, -0.2) is 4.79 Å². The second kappa shape index (κ2) is 7.42. The van der Waals surface area contributed by atoms with E-state index >= 15 is 0 Å². The number of benzene rings is 2. The molecule has 2 aromatic heterocycles.